The van der Waals surface area contributed by atoms with Crippen LogP contribution in [0.1, 0.15) is 6.92 Å². The molecule has 8 nitrogen and oxygen atoms in total. The summed E-state index contributed by atoms with van der Waals surface area (Å²) in [7, 11) is 1.56. The second-order valence-electron chi connectivity index (χ2n) is 5.47. The molecule has 0 atom stereocenters. The molecule has 0 spiro atoms. The molecule has 8 heteroatoms. The molecule has 0 fully saturated rings. The smallest absolute Gasteiger partial charge is 0.373 e. The Morgan fingerprint density at radius 1 is 1.04 bits per heavy atom. The second-order valence-corrected chi connectivity index (χ2v) is 5.47. The lowest BCUT2D eigenvalue weighted by atomic mass is 10.2. The minimum absolute atomic E-state index is 0.121. The lowest BCUT2D eigenvalue weighted by Gasteiger charge is -2.21. The summed E-state index contributed by atoms with van der Waals surface area (Å²) in [6, 6.07) is 16.0. The molecule has 0 amide bonds. The fraction of sp³-hybridized carbons (Fsp3) is 0.158. The molecule has 2 aromatic carbocycles. The molecule has 27 heavy (non-hydrogen) atoms. The Morgan fingerprint density at radius 2 is 1.70 bits per heavy atom. The van der Waals surface area contributed by atoms with Crippen LogP contribution in [0, 0.1) is 10.1 Å². The number of nitro groups is 1. The lowest BCUT2D eigenvalue weighted by molar-refractivity contribution is -0.385. The van der Waals surface area contributed by atoms with Gasteiger partial charge in [0.05, 0.1) is 12.0 Å². The largest absolute Gasteiger partial charge is 0.497 e. The van der Waals surface area contributed by atoms with E-state index in [1.165, 1.54) is 6.33 Å². The van der Waals surface area contributed by atoms with Crippen LogP contribution in [-0.2, 0) is 0 Å². The Morgan fingerprint density at radius 3 is 2.30 bits per heavy atom. The average molecular weight is 366 g/mol. The predicted octanol–water partition coefficient (Wildman–Crippen LogP) is 4.34. The van der Waals surface area contributed by atoms with E-state index in [4.69, 9.17) is 9.47 Å². The van der Waals surface area contributed by atoms with E-state index in [0.717, 1.165) is 5.69 Å². The van der Waals surface area contributed by atoms with Crippen molar-refractivity contribution in [2.45, 2.75) is 6.92 Å². The van der Waals surface area contributed by atoms with Gasteiger partial charge in [-0.05, 0) is 43.3 Å². The van der Waals surface area contributed by atoms with Gasteiger partial charge in [0, 0.05) is 12.2 Å². The number of anilines is 2. The average Bonchev–Trinajstić information content (AvgIpc) is 2.70. The minimum Gasteiger partial charge on any atom is -0.497 e. The SMILES string of the molecule is CCN(c1ccccc1)c1ncnc(Oc2ccc(OC)cc2)c1[N+](=O)[O-]. The number of methoxy groups -OCH3 is 1. The topological polar surface area (TPSA) is 90.6 Å². The zero-order valence-corrected chi connectivity index (χ0v) is 14.9. The van der Waals surface area contributed by atoms with E-state index in [2.05, 4.69) is 9.97 Å². The van der Waals surface area contributed by atoms with Crippen LogP contribution in [0.25, 0.3) is 0 Å². The van der Waals surface area contributed by atoms with Crippen molar-refractivity contribution in [3.05, 3.63) is 71.0 Å². The van der Waals surface area contributed by atoms with Crippen LogP contribution >= 0.6 is 0 Å². The molecule has 3 aromatic rings. The van der Waals surface area contributed by atoms with Crippen molar-refractivity contribution in [1.82, 2.24) is 9.97 Å². The molecule has 0 aliphatic rings. The molecule has 1 aromatic heterocycles. The third-order valence-corrected chi connectivity index (χ3v) is 3.87. The van der Waals surface area contributed by atoms with Gasteiger partial charge in [-0.25, -0.2) is 4.98 Å². The van der Waals surface area contributed by atoms with Gasteiger partial charge < -0.3 is 14.4 Å². The molecular weight excluding hydrogens is 348 g/mol. The highest BCUT2D eigenvalue weighted by molar-refractivity contribution is 5.71. The van der Waals surface area contributed by atoms with E-state index in [-0.39, 0.29) is 17.4 Å². The number of nitrogens with zero attached hydrogens (tertiary/aromatic N) is 4. The first-order chi connectivity index (χ1) is 13.1. The van der Waals surface area contributed by atoms with E-state index < -0.39 is 4.92 Å². The summed E-state index contributed by atoms with van der Waals surface area (Å²) in [5.41, 5.74) is 0.496. The fourth-order valence-corrected chi connectivity index (χ4v) is 2.60. The first kappa shape index (κ1) is 18.1. The molecule has 0 aliphatic heterocycles. The van der Waals surface area contributed by atoms with E-state index in [0.29, 0.717) is 18.0 Å². The van der Waals surface area contributed by atoms with Crippen LogP contribution in [-0.4, -0.2) is 28.5 Å². The van der Waals surface area contributed by atoms with Crippen molar-refractivity contribution in [3.63, 3.8) is 0 Å². The highest BCUT2D eigenvalue weighted by Gasteiger charge is 2.29. The first-order valence-electron chi connectivity index (χ1n) is 8.28. The molecule has 0 aliphatic carbocycles. The highest BCUT2D eigenvalue weighted by atomic mass is 16.6. The monoisotopic (exact) mass is 366 g/mol. The van der Waals surface area contributed by atoms with E-state index in [9.17, 15) is 10.1 Å². The van der Waals surface area contributed by atoms with Crippen molar-refractivity contribution in [1.29, 1.82) is 0 Å². The summed E-state index contributed by atoms with van der Waals surface area (Å²) in [5, 5.41) is 11.8. The molecule has 0 bridgehead atoms. The van der Waals surface area contributed by atoms with E-state index in [1.807, 2.05) is 37.3 Å². The Balaban J connectivity index is 2.02. The van der Waals surface area contributed by atoms with Crippen molar-refractivity contribution in [3.8, 4) is 17.4 Å². The quantitative estimate of drug-likeness (QED) is 0.453. The third kappa shape index (κ3) is 3.95. The highest BCUT2D eigenvalue weighted by Crippen LogP contribution is 2.38. The van der Waals surface area contributed by atoms with Gasteiger partial charge >= 0.3 is 11.6 Å². The molecule has 138 valence electrons. The normalized spacial score (nSPS) is 10.3. The van der Waals surface area contributed by atoms with Crippen LogP contribution in [0.3, 0.4) is 0 Å². The molecule has 0 saturated heterocycles. The van der Waals surface area contributed by atoms with Gasteiger partial charge in [0.25, 0.3) is 0 Å². The zero-order valence-electron chi connectivity index (χ0n) is 14.9. The number of rotatable bonds is 7. The number of aromatic nitrogens is 2. The molecule has 0 N–H and O–H groups in total. The summed E-state index contributed by atoms with van der Waals surface area (Å²) >= 11 is 0. The molecule has 0 unspecified atom stereocenters. The number of hydrogen-bond acceptors (Lipinski definition) is 7. The van der Waals surface area contributed by atoms with Crippen LogP contribution in [0.4, 0.5) is 17.2 Å². The minimum atomic E-state index is -0.528. The number of para-hydroxylation sites is 1. The van der Waals surface area contributed by atoms with Gasteiger partial charge in [0.1, 0.15) is 17.8 Å². The van der Waals surface area contributed by atoms with Gasteiger partial charge in [-0.3, -0.25) is 10.1 Å². The fourth-order valence-electron chi connectivity index (χ4n) is 2.60. The van der Waals surface area contributed by atoms with Crippen molar-refractivity contribution < 1.29 is 14.4 Å². The Kier molecular flexibility index (Phi) is 5.46. The molecule has 0 saturated carbocycles. The molecule has 1 heterocycles. The van der Waals surface area contributed by atoms with Crippen LogP contribution < -0.4 is 14.4 Å². The van der Waals surface area contributed by atoms with Crippen molar-refractivity contribution in [2.24, 2.45) is 0 Å². The Labute approximate surface area is 156 Å². The third-order valence-electron chi connectivity index (χ3n) is 3.87. The van der Waals surface area contributed by atoms with Crippen molar-refractivity contribution in [2.75, 3.05) is 18.6 Å². The lowest BCUT2D eigenvalue weighted by Crippen LogP contribution is -2.19. The Hall–Kier alpha value is -3.68. The second kappa shape index (κ2) is 8.13. The van der Waals surface area contributed by atoms with Crippen LogP contribution in [0.5, 0.6) is 17.4 Å². The molecular formula is C19H18N4O4. The summed E-state index contributed by atoms with van der Waals surface area (Å²) in [4.78, 5) is 21.1. The molecule has 3 rings (SSSR count). The van der Waals surface area contributed by atoms with Gasteiger partial charge in [-0.15, -0.1) is 0 Å². The standard InChI is InChI=1S/C19H18N4O4/c1-3-22(14-7-5-4-6-8-14)18-17(23(24)25)19(21-13-20-18)27-16-11-9-15(26-2)10-12-16/h4-13H,3H2,1-2H3. The maximum Gasteiger partial charge on any atom is 0.373 e. The van der Waals surface area contributed by atoms with Crippen LogP contribution in [0.15, 0.2) is 60.9 Å². The zero-order chi connectivity index (χ0) is 19.2. The van der Waals surface area contributed by atoms with Crippen molar-refractivity contribution >= 4 is 17.2 Å². The van der Waals surface area contributed by atoms with E-state index >= 15 is 0 Å². The maximum absolute atomic E-state index is 11.8. The number of ether oxygens (including phenoxy) is 2. The van der Waals surface area contributed by atoms with Gasteiger partial charge in [-0.2, -0.15) is 4.98 Å². The predicted molar refractivity (Wildman–Crippen MR) is 101 cm³/mol. The summed E-state index contributed by atoms with van der Waals surface area (Å²) in [5.74, 6) is 1.12. The maximum atomic E-state index is 11.8. The summed E-state index contributed by atoms with van der Waals surface area (Å²) < 4.78 is 10.8. The number of hydrogen-bond donors (Lipinski definition) is 0. The summed E-state index contributed by atoms with van der Waals surface area (Å²) in [6.45, 7) is 2.38. The van der Waals surface area contributed by atoms with Gasteiger partial charge in [0.2, 0.25) is 5.82 Å². The van der Waals surface area contributed by atoms with Gasteiger partial charge in [-0.1, -0.05) is 18.2 Å². The van der Waals surface area contributed by atoms with Crippen LogP contribution in [0.2, 0.25) is 0 Å². The number of benzene rings is 2. The molecule has 0 radical (unpaired) electrons. The summed E-state index contributed by atoms with van der Waals surface area (Å²) in [6.07, 6.45) is 1.26. The van der Waals surface area contributed by atoms with Gasteiger partial charge in [0.15, 0.2) is 0 Å². The first-order valence-corrected chi connectivity index (χ1v) is 8.28. The van der Waals surface area contributed by atoms with E-state index in [1.54, 1.807) is 36.3 Å². The Bertz CT molecular complexity index is 917.